The molecule has 2 fully saturated rings. The SMILES string of the molecule is OC1(c2ccc3c(c2)OCO3)CCC2(CC1)OCCO2. The van der Waals surface area contributed by atoms with E-state index in [-0.39, 0.29) is 6.79 Å². The average Bonchev–Trinajstić information content (AvgIpc) is 3.11. The minimum Gasteiger partial charge on any atom is -0.454 e. The molecule has 0 amide bonds. The zero-order valence-corrected chi connectivity index (χ0v) is 11.3. The van der Waals surface area contributed by atoms with E-state index < -0.39 is 11.4 Å². The molecule has 5 nitrogen and oxygen atoms in total. The lowest BCUT2D eigenvalue weighted by Gasteiger charge is -2.40. The lowest BCUT2D eigenvalue weighted by molar-refractivity contribution is -0.204. The van der Waals surface area contributed by atoms with E-state index in [4.69, 9.17) is 18.9 Å². The number of ether oxygens (including phenoxy) is 4. The zero-order chi connectivity index (χ0) is 13.6. The van der Waals surface area contributed by atoms with Crippen molar-refractivity contribution >= 4 is 0 Å². The molecule has 1 aromatic carbocycles. The van der Waals surface area contributed by atoms with Crippen molar-refractivity contribution in [3.63, 3.8) is 0 Å². The summed E-state index contributed by atoms with van der Waals surface area (Å²) in [7, 11) is 0. The first kappa shape index (κ1) is 12.4. The number of benzene rings is 1. The van der Waals surface area contributed by atoms with Crippen molar-refractivity contribution in [2.45, 2.75) is 37.1 Å². The lowest BCUT2D eigenvalue weighted by Crippen LogP contribution is -2.42. The summed E-state index contributed by atoms with van der Waals surface area (Å²) in [6, 6.07) is 5.67. The van der Waals surface area contributed by atoms with Gasteiger partial charge in [-0.15, -0.1) is 0 Å². The maximum absolute atomic E-state index is 10.9. The van der Waals surface area contributed by atoms with Gasteiger partial charge in [-0.1, -0.05) is 6.07 Å². The fourth-order valence-electron chi connectivity index (χ4n) is 3.30. The normalized spacial score (nSPS) is 26.1. The maximum Gasteiger partial charge on any atom is 0.231 e. The molecule has 1 N–H and O–H groups in total. The second-order valence-corrected chi connectivity index (χ2v) is 5.71. The highest BCUT2D eigenvalue weighted by Crippen LogP contribution is 2.46. The second-order valence-electron chi connectivity index (χ2n) is 5.71. The molecule has 1 spiro atoms. The minimum absolute atomic E-state index is 0.252. The van der Waals surface area contributed by atoms with E-state index in [0.29, 0.717) is 31.8 Å². The molecule has 20 heavy (non-hydrogen) atoms. The van der Waals surface area contributed by atoms with Crippen LogP contribution in [0.5, 0.6) is 11.5 Å². The van der Waals surface area contributed by atoms with Crippen molar-refractivity contribution < 1.29 is 24.1 Å². The van der Waals surface area contributed by atoms with Gasteiger partial charge in [-0.05, 0) is 30.5 Å². The Balaban J connectivity index is 1.56. The molecular formula is C15H18O5. The van der Waals surface area contributed by atoms with Crippen LogP contribution >= 0.6 is 0 Å². The molecule has 5 heteroatoms. The number of fused-ring (bicyclic) bond motifs is 1. The fourth-order valence-corrected chi connectivity index (χ4v) is 3.30. The molecule has 3 aliphatic rings. The lowest BCUT2D eigenvalue weighted by atomic mass is 9.77. The molecule has 4 rings (SSSR count). The van der Waals surface area contributed by atoms with Crippen molar-refractivity contribution in [1.82, 2.24) is 0 Å². The highest BCUT2D eigenvalue weighted by molar-refractivity contribution is 5.46. The van der Waals surface area contributed by atoms with E-state index in [1.54, 1.807) is 0 Å². The van der Waals surface area contributed by atoms with Gasteiger partial charge in [0.1, 0.15) is 0 Å². The van der Waals surface area contributed by atoms with Crippen LogP contribution in [0.4, 0.5) is 0 Å². The first-order valence-corrected chi connectivity index (χ1v) is 7.10. The van der Waals surface area contributed by atoms with Crippen molar-refractivity contribution in [1.29, 1.82) is 0 Å². The summed E-state index contributed by atoms with van der Waals surface area (Å²) < 4.78 is 22.1. The number of aliphatic hydroxyl groups is 1. The molecule has 1 saturated carbocycles. The summed E-state index contributed by atoms with van der Waals surface area (Å²) >= 11 is 0. The zero-order valence-electron chi connectivity index (χ0n) is 11.3. The third kappa shape index (κ3) is 1.89. The van der Waals surface area contributed by atoms with Crippen LogP contribution in [0, 0.1) is 0 Å². The fraction of sp³-hybridized carbons (Fsp3) is 0.600. The van der Waals surface area contributed by atoms with Crippen molar-refractivity contribution in [3.8, 4) is 11.5 Å². The maximum atomic E-state index is 10.9. The molecule has 1 aliphatic carbocycles. The van der Waals surface area contributed by atoms with Crippen molar-refractivity contribution in [3.05, 3.63) is 23.8 Å². The Morgan fingerprint density at radius 1 is 0.900 bits per heavy atom. The third-order valence-corrected chi connectivity index (χ3v) is 4.56. The van der Waals surface area contributed by atoms with E-state index in [1.807, 2.05) is 18.2 Å². The van der Waals surface area contributed by atoms with Gasteiger partial charge in [0.15, 0.2) is 17.3 Å². The number of rotatable bonds is 1. The molecule has 2 heterocycles. The standard InChI is InChI=1S/C15H18O5/c16-14(3-5-15(6-4-14)19-7-8-20-15)11-1-2-12-13(9-11)18-10-17-12/h1-2,9,16H,3-8,10H2. The summed E-state index contributed by atoms with van der Waals surface area (Å²) in [5.41, 5.74) is 0.0521. The highest BCUT2D eigenvalue weighted by atomic mass is 16.7. The first-order valence-electron chi connectivity index (χ1n) is 7.10. The van der Waals surface area contributed by atoms with Gasteiger partial charge in [-0.2, -0.15) is 0 Å². The molecular weight excluding hydrogens is 260 g/mol. The number of hydrogen-bond donors (Lipinski definition) is 1. The Kier molecular flexibility index (Phi) is 2.70. The second kappa shape index (κ2) is 4.35. The largest absolute Gasteiger partial charge is 0.454 e. The molecule has 0 bridgehead atoms. The smallest absolute Gasteiger partial charge is 0.231 e. The highest BCUT2D eigenvalue weighted by Gasteiger charge is 2.46. The molecule has 1 saturated heterocycles. The van der Waals surface area contributed by atoms with Crippen LogP contribution in [0.2, 0.25) is 0 Å². The first-order chi connectivity index (χ1) is 9.69. The Labute approximate surface area is 117 Å². The third-order valence-electron chi connectivity index (χ3n) is 4.56. The van der Waals surface area contributed by atoms with Gasteiger partial charge in [0.2, 0.25) is 6.79 Å². The molecule has 2 aliphatic heterocycles. The van der Waals surface area contributed by atoms with E-state index in [0.717, 1.165) is 24.2 Å². The monoisotopic (exact) mass is 278 g/mol. The number of hydrogen-bond acceptors (Lipinski definition) is 5. The molecule has 0 atom stereocenters. The molecule has 0 radical (unpaired) electrons. The van der Waals surface area contributed by atoms with Crippen LogP contribution in [0.3, 0.4) is 0 Å². The van der Waals surface area contributed by atoms with Crippen LogP contribution in [0.15, 0.2) is 18.2 Å². The van der Waals surface area contributed by atoms with E-state index in [9.17, 15) is 5.11 Å². The van der Waals surface area contributed by atoms with Crippen molar-refractivity contribution in [2.24, 2.45) is 0 Å². The summed E-state index contributed by atoms with van der Waals surface area (Å²) in [4.78, 5) is 0. The average molecular weight is 278 g/mol. The minimum atomic E-state index is -0.832. The molecule has 0 aromatic heterocycles. The van der Waals surface area contributed by atoms with Crippen LogP contribution in [0.25, 0.3) is 0 Å². The Morgan fingerprint density at radius 3 is 2.35 bits per heavy atom. The van der Waals surface area contributed by atoms with E-state index >= 15 is 0 Å². The van der Waals surface area contributed by atoms with Gasteiger partial charge in [-0.25, -0.2) is 0 Å². The Morgan fingerprint density at radius 2 is 1.60 bits per heavy atom. The summed E-state index contributed by atoms with van der Waals surface area (Å²) in [6.45, 7) is 1.56. The quantitative estimate of drug-likeness (QED) is 0.850. The Hall–Kier alpha value is -1.30. The van der Waals surface area contributed by atoms with Gasteiger partial charge in [0.05, 0.1) is 18.8 Å². The van der Waals surface area contributed by atoms with Crippen LogP contribution in [-0.2, 0) is 15.1 Å². The van der Waals surface area contributed by atoms with Crippen molar-refractivity contribution in [2.75, 3.05) is 20.0 Å². The van der Waals surface area contributed by atoms with Crippen LogP contribution < -0.4 is 9.47 Å². The summed E-state index contributed by atoms with van der Waals surface area (Å²) in [5.74, 6) is 0.999. The summed E-state index contributed by atoms with van der Waals surface area (Å²) in [5, 5.41) is 10.9. The van der Waals surface area contributed by atoms with Crippen LogP contribution in [0.1, 0.15) is 31.2 Å². The van der Waals surface area contributed by atoms with E-state index in [2.05, 4.69) is 0 Å². The molecule has 1 aromatic rings. The van der Waals surface area contributed by atoms with Gasteiger partial charge in [-0.3, -0.25) is 0 Å². The van der Waals surface area contributed by atoms with Gasteiger partial charge >= 0.3 is 0 Å². The van der Waals surface area contributed by atoms with E-state index in [1.165, 1.54) is 0 Å². The van der Waals surface area contributed by atoms with Crippen LogP contribution in [-0.4, -0.2) is 30.9 Å². The molecule has 108 valence electrons. The Bertz CT molecular complexity index is 511. The van der Waals surface area contributed by atoms with Gasteiger partial charge < -0.3 is 24.1 Å². The molecule has 0 unspecified atom stereocenters. The van der Waals surface area contributed by atoms with Gasteiger partial charge in [0, 0.05) is 12.8 Å². The van der Waals surface area contributed by atoms with Gasteiger partial charge in [0.25, 0.3) is 0 Å². The topological polar surface area (TPSA) is 57.2 Å². The summed E-state index contributed by atoms with van der Waals surface area (Å²) in [6.07, 6.45) is 2.70. The predicted molar refractivity (Wildman–Crippen MR) is 69.6 cm³/mol. The predicted octanol–water partition coefficient (Wildman–Crippen LogP) is 1.92.